The zero-order valence-electron chi connectivity index (χ0n) is 8.25. The summed E-state index contributed by atoms with van der Waals surface area (Å²) < 4.78 is 25.3. The molecular weight excluding hydrogens is 213 g/mol. The van der Waals surface area contributed by atoms with Gasteiger partial charge in [-0.05, 0) is 0 Å². The number of phosphoric ester groups is 1. The number of rotatable bonds is 8. The highest BCUT2D eigenvalue weighted by Gasteiger charge is 2.26. The highest BCUT2D eigenvalue weighted by atomic mass is 31.2. The van der Waals surface area contributed by atoms with E-state index in [1.807, 2.05) is 0 Å². The van der Waals surface area contributed by atoms with Gasteiger partial charge in [0.05, 0.1) is 13.2 Å². The Morgan fingerprint density at radius 1 is 1.14 bits per heavy atom. The largest absolute Gasteiger partial charge is 0.491 e. The standard InChI is InChI=1S/C6H16NO6P/c1-11-14(10,12-2)13-7(3-5-8)4-6-9/h8-9H,3-6H2,1-2H3. The fourth-order valence-electron chi connectivity index (χ4n) is 0.699. The van der Waals surface area contributed by atoms with Crippen LogP contribution in [0.5, 0.6) is 0 Å². The van der Waals surface area contributed by atoms with Crippen molar-refractivity contribution < 1.29 is 28.5 Å². The predicted molar refractivity (Wildman–Crippen MR) is 48.5 cm³/mol. The fraction of sp³-hybridized carbons (Fsp3) is 1.00. The summed E-state index contributed by atoms with van der Waals surface area (Å²) in [5.41, 5.74) is 0. The second-order valence-corrected chi connectivity index (χ2v) is 4.06. The number of hydrogen-bond donors (Lipinski definition) is 2. The molecule has 86 valence electrons. The molecule has 0 fully saturated rings. The second kappa shape index (κ2) is 7.30. The summed E-state index contributed by atoms with van der Waals surface area (Å²) in [6.07, 6.45) is 0. The third-order valence-corrected chi connectivity index (χ3v) is 2.69. The molecule has 0 saturated heterocycles. The van der Waals surface area contributed by atoms with Crippen LogP contribution in [0.2, 0.25) is 0 Å². The molecule has 0 atom stereocenters. The Bertz CT molecular complexity index is 175. The molecule has 0 aliphatic heterocycles. The Morgan fingerprint density at radius 3 is 1.86 bits per heavy atom. The molecule has 0 amide bonds. The third-order valence-electron chi connectivity index (χ3n) is 1.36. The van der Waals surface area contributed by atoms with Crippen LogP contribution in [-0.2, 0) is 18.2 Å². The van der Waals surface area contributed by atoms with E-state index in [0.29, 0.717) is 0 Å². The first-order valence-electron chi connectivity index (χ1n) is 3.99. The van der Waals surface area contributed by atoms with E-state index >= 15 is 0 Å². The Morgan fingerprint density at radius 2 is 1.57 bits per heavy atom. The summed E-state index contributed by atoms with van der Waals surface area (Å²) >= 11 is 0. The van der Waals surface area contributed by atoms with E-state index in [-0.39, 0.29) is 26.3 Å². The normalized spacial score (nSPS) is 12.4. The molecule has 0 aromatic heterocycles. The van der Waals surface area contributed by atoms with Crippen LogP contribution in [0.1, 0.15) is 0 Å². The number of aliphatic hydroxyl groups is 2. The minimum absolute atomic E-state index is 0.108. The van der Waals surface area contributed by atoms with E-state index in [4.69, 9.17) is 14.8 Å². The number of aliphatic hydroxyl groups excluding tert-OH is 2. The van der Waals surface area contributed by atoms with Crippen LogP contribution in [0.25, 0.3) is 0 Å². The van der Waals surface area contributed by atoms with E-state index in [1.54, 1.807) is 0 Å². The van der Waals surface area contributed by atoms with E-state index < -0.39 is 7.82 Å². The van der Waals surface area contributed by atoms with Crippen molar-refractivity contribution in [2.45, 2.75) is 0 Å². The van der Waals surface area contributed by atoms with Gasteiger partial charge in [-0.2, -0.15) is 9.69 Å². The zero-order chi connectivity index (χ0) is 11.0. The number of hydrogen-bond acceptors (Lipinski definition) is 7. The molecule has 0 aromatic rings. The quantitative estimate of drug-likeness (QED) is 0.432. The molecule has 0 saturated carbocycles. The fourth-order valence-corrected chi connectivity index (χ4v) is 1.43. The Labute approximate surface area is 82.8 Å². The molecule has 0 radical (unpaired) electrons. The van der Waals surface area contributed by atoms with Crippen molar-refractivity contribution in [2.75, 3.05) is 40.5 Å². The number of phosphoric acid groups is 1. The lowest BCUT2D eigenvalue weighted by Gasteiger charge is -2.22. The average Bonchev–Trinajstić information content (AvgIpc) is 2.18. The smallest absolute Gasteiger partial charge is 0.395 e. The summed E-state index contributed by atoms with van der Waals surface area (Å²) in [6, 6.07) is 0. The van der Waals surface area contributed by atoms with Crippen molar-refractivity contribution in [3.05, 3.63) is 0 Å². The maximum absolute atomic E-state index is 11.4. The lowest BCUT2D eigenvalue weighted by molar-refractivity contribution is -0.100. The Balaban J connectivity index is 4.18. The van der Waals surface area contributed by atoms with E-state index in [9.17, 15) is 4.57 Å². The summed E-state index contributed by atoms with van der Waals surface area (Å²) in [4.78, 5) is 0. The second-order valence-electron chi connectivity index (χ2n) is 2.27. The zero-order valence-corrected chi connectivity index (χ0v) is 9.14. The predicted octanol–water partition coefficient (Wildman–Crippen LogP) is -0.395. The van der Waals surface area contributed by atoms with Gasteiger partial charge in [-0.3, -0.25) is 9.05 Å². The van der Waals surface area contributed by atoms with Crippen LogP contribution in [-0.4, -0.2) is 55.8 Å². The first kappa shape index (κ1) is 14.0. The van der Waals surface area contributed by atoms with Crippen molar-refractivity contribution in [3.8, 4) is 0 Å². The summed E-state index contributed by atoms with van der Waals surface area (Å²) in [7, 11) is -1.23. The molecule has 0 rings (SSSR count). The van der Waals surface area contributed by atoms with Gasteiger partial charge < -0.3 is 10.2 Å². The first-order chi connectivity index (χ1) is 6.61. The highest BCUT2D eigenvalue weighted by molar-refractivity contribution is 7.48. The number of hydroxylamine groups is 2. The van der Waals surface area contributed by atoms with Crippen molar-refractivity contribution in [1.82, 2.24) is 5.06 Å². The van der Waals surface area contributed by atoms with Crippen molar-refractivity contribution in [3.63, 3.8) is 0 Å². The molecule has 14 heavy (non-hydrogen) atoms. The molecule has 8 heteroatoms. The van der Waals surface area contributed by atoms with Crippen molar-refractivity contribution in [2.24, 2.45) is 0 Å². The van der Waals surface area contributed by atoms with Crippen LogP contribution < -0.4 is 0 Å². The van der Waals surface area contributed by atoms with Gasteiger partial charge in [0.15, 0.2) is 0 Å². The maximum atomic E-state index is 11.4. The average molecular weight is 229 g/mol. The van der Waals surface area contributed by atoms with Crippen LogP contribution in [0.4, 0.5) is 0 Å². The van der Waals surface area contributed by atoms with Crippen molar-refractivity contribution >= 4 is 7.82 Å². The van der Waals surface area contributed by atoms with Crippen LogP contribution in [0.15, 0.2) is 0 Å². The van der Waals surface area contributed by atoms with Gasteiger partial charge in [0.1, 0.15) is 0 Å². The van der Waals surface area contributed by atoms with E-state index in [1.165, 1.54) is 14.2 Å². The molecule has 0 aliphatic carbocycles. The van der Waals surface area contributed by atoms with Gasteiger partial charge in [-0.1, -0.05) is 0 Å². The highest BCUT2D eigenvalue weighted by Crippen LogP contribution is 2.48. The first-order valence-corrected chi connectivity index (χ1v) is 5.45. The molecular formula is C6H16NO6P. The molecule has 0 bridgehead atoms. The number of nitrogens with zero attached hydrogens (tertiary/aromatic N) is 1. The molecule has 0 aliphatic rings. The monoisotopic (exact) mass is 229 g/mol. The molecule has 0 heterocycles. The van der Waals surface area contributed by atoms with E-state index in [0.717, 1.165) is 5.06 Å². The van der Waals surface area contributed by atoms with Crippen LogP contribution in [0.3, 0.4) is 0 Å². The summed E-state index contributed by atoms with van der Waals surface area (Å²) in [6.45, 7) is -0.157. The lowest BCUT2D eigenvalue weighted by Crippen LogP contribution is -2.29. The molecule has 0 unspecified atom stereocenters. The van der Waals surface area contributed by atoms with Crippen LogP contribution >= 0.6 is 7.82 Å². The van der Waals surface area contributed by atoms with E-state index in [2.05, 4.69) is 9.05 Å². The summed E-state index contributed by atoms with van der Waals surface area (Å²) in [5.74, 6) is 0. The maximum Gasteiger partial charge on any atom is 0.491 e. The Kier molecular flexibility index (Phi) is 7.30. The topological polar surface area (TPSA) is 88.5 Å². The van der Waals surface area contributed by atoms with Gasteiger partial charge in [0.2, 0.25) is 0 Å². The Hall–Kier alpha value is -0.0100. The molecule has 7 nitrogen and oxygen atoms in total. The molecule has 0 spiro atoms. The minimum Gasteiger partial charge on any atom is -0.395 e. The molecule has 0 aromatic carbocycles. The van der Waals surface area contributed by atoms with Gasteiger partial charge in [0, 0.05) is 27.3 Å². The SMILES string of the molecule is COP(=O)(OC)ON(CCO)CCO. The minimum atomic E-state index is -3.59. The van der Waals surface area contributed by atoms with Crippen LogP contribution in [0, 0.1) is 0 Å². The van der Waals surface area contributed by atoms with Gasteiger partial charge in [-0.25, -0.2) is 4.57 Å². The molecule has 2 N–H and O–H groups in total. The van der Waals surface area contributed by atoms with Gasteiger partial charge in [0.25, 0.3) is 0 Å². The summed E-state index contributed by atoms with van der Waals surface area (Å²) in [5, 5.41) is 18.4. The third kappa shape index (κ3) is 5.02. The lowest BCUT2D eigenvalue weighted by atomic mass is 10.6. The van der Waals surface area contributed by atoms with Gasteiger partial charge in [-0.15, -0.1) is 0 Å². The van der Waals surface area contributed by atoms with Gasteiger partial charge >= 0.3 is 7.82 Å². The van der Waals surface area contributed by atoms with Crippen molar-refractivity contribution in [1.29, 1.82) is 0 Å².